The lowest BCUT2D eigenvalue weighted by atomic mass is 9.88. The Morgan fingerprint density at radius 3 is 3.07 bits per heavy atom. The summed E-state index contributed by atoms with van der Waals surface area (Å²) in [7, 11) is 4.22. The van der Waals surface area contributed by atoms with Crippen molar-refractivity contribution in [1.82, 2.24) is 20.2 Å². The Hall–Kier alpha value is -0.870. The Kier molecular flexibility index (Phi) is 2.80. The molecule has 0 saturated carbocycles. The first-order valence-corrected chi connectivity index (χ1v) is 5.54. The molecule has 0 bridgehead atoms. The predicted molar refractivity (Wildman–Crippen MR) is 60.8 cm³/mol. The number of nitrogens with zero attached hydrogens (tertiary/aromatic N) is 2. The van der Waals surface area contributed by atoms with Gasteiger partial charge in [0.15, 0.2) is 0 Å². The standard InChI is InChI=1S/C11H20N4/c1-11(5-7-15(2)3)10-9(4-6-14-11)12-8-13-10/h8,14H,4-7H2,1-3H3,(H,12,13). The number of imidazole rings is 1. The van der Waals surface area contributed by atoms with Crippen LogP contribution in [-0.4, -0.2) is 42.1 Å². The molecule has 1 aromatic rings. The van der Waals surface area contributed by atoms with Crippen LogP contribution in [0.25, 0.3) is 0 Å². The fourth-order valence-electron chi connectivity index (χ4n) is 2.19. The van der Waals surface area contributed by atoms with E-state index in [1.807, 2.05) is 6.33 Å². The van der Waals surface area contributed by atoms with Crippen molar-refractivity contribution < 1.29 is 0 Å². The van der Waals surface area contributed by atoms with Gasteiger partial charge in [-0.15, -0.1) is 0 Å². The molecular weight excluding hydrogens is 188 g/mol. The van der Waals surface area contributed by atoms with Gasteiger partial charge in [0, 0.05) is 18.7 Å². The summed E-state index contributed by atoms with van der Waals surface area (Å²) < 4.78 is 0. The van der Waals surface area contributed by atoms with Crippen LogP contribution < -0.4 is 5.32 Å². The van der Waals surface area contributed by atoms with Crippen molar-refractivity contribution in [3.63, 3.8) is 0 Å². The Labute approximate surface area is 91.1 Å². The normalized spacial score (nSPS) is 25.6. The zero-order valence-corrected chi connectivity index (χ0v) is 9.80. The second-order valence-corrected chi connectivity index (χ2v) is 4.79. The van der Waals surface area contributed by atoms with Gasteiger partial charge in [-0.25, -0.2) is 4.98 Å². The van der Waals surface area contributed by atoms with Gasteiger partial charge in [-0.3, -0.25) is 0 Å². The van der Waals surface area contributed by atoms with E-state index < -0.39 is 0 Å². The van der Waals surface area contributed by atoms with E-state index in [2.05, 4.69) is 41.2 Å². The first-order valence-electron chi connectivity index (χ1n) is 5.54. The van der Waals surface area contributed by atoms with Crippen molar-refractivity contribution in [2.24, 2.45) is 0 Å². The molecule has 0 saturated heterocycles. The first kappa shape index (κ1) is 10.6. The lowest BCUT2D eigenvalue weighted by molar-refractivity contribution is 0.267. The zero-order chi connectivity index (χ0) is 10.9. The third-order valence-electron chi connectivity index (χ3n) is 3.19. The topological polar surface area (TPSA) is 44.0 Å². The van der Waals surface area contributed by atoms with Crippen LogP contribution in [0.3, 0.4) is 0 Å². The quantitative estimate of drug-likeness (QED) is 0.769. The molecule has 0 spiro atoms. The molecule has 1 atom stereocenters. The number of aromatic nitrogens is 2. The number of nitrogens with one attached hydrogen (secondary N) is 2. The highest BCUT2D eigenvalue weighted by molar-refractivity contribution is 5.24. The molecule has 0 radical (unpaired) electrons. The van der Waals surface area contributed by atoms with Crippen molar-refractivity contribution >= 4 is 0 Å². The minimum atomic E-state index is 0.0395. The molecule has 2 rings (SSSR count). The van der Waals surface area contributed by atoms with Gasteiger partial charge in [0.05, 0.1) is 17.6 Å². The molecule has 2 N–H and O–H groups in total. The highest BCUT2D eigenvalue weighted by atomic mass is 15.1. The van der Waals surface area contributed by atoms with Gasteiger partial charge < -0.3 is 15.2 Å². The van der Waals surface area contributed by atoms with Crippen LogP contribution in [0.5, 0.6) is 0 Å². The first-order chi connectivity index (χ1) is 7.12. The minimum Gasteiger partial charge on any atom is -0.348 e. The second kappa shape index (κ2) is 3.94. The maximum Gasteiger partial charge on any atom is 0.0926 e. The Balaban J connectivity index is 2.16. The third-order valence-corrected chi connectivity index (χ3v) is 3.19. The van der Waals surface area contributed by atoms with Crippen molar-refractivity contribution in [3.05, 3.63) is 17.7 Å². The molecule has 4 nitrogen and oxygen atoms in total. The number of aromatic amines is 1. The van der Waals surface area contributed by atoms with Gasteiger partial charge in [-0.2, -0.15) is 0 Å². The van der Waals surface area contributed by atoms with Crippen molar-refractivity contribution in [2.75, 3.05) is 27.2 Å². The molecule has 1 aliphatic rings. The molecule has 1 aliphatic heterocycles. The van der Waals surface area contributed by atoms with Crippen LogP contribution >= 0.6 is 0 Å². The number of H-pyrrole nitrogens is 1. The second-order valence-electron chi connectivity index (χ2n) is 4.79. The summed E-state index contributed by atoms with van der Waals surface area (Å²) in [5.74, 6) is 0. The molecule has 15 heavy (non-hydrogen) atoms. The van der Waals surface area contributed by atoms with E-state index in [-0.39, 0.29) is 5.54 Å². The molecule has 2 heterocycles. The molecular formula is C11H20N4. The Morgan fingerprint density at radius 1 is 1.53 bits per heavy atom. The fourth-order valence-corrected chi connectivity index (χ4v) is 2.19. The summed E-state index contributed by atoms with van der Waals surface area (Å²) in [6.45, 7) is 4.37. The lowest BCUT2D eigenvalue weighted by Gasteiger charge is -2.35. The smallest absolute Gasteiger partial charge is 0.0926 e. The van der Waals surface area contributed by atoms with E-state index >= 15 is 0 Å². The SMILES string of the molecule is CN(C)CCC1(C)NCCc2[nH]cnc21. The number of hydrogen-bond acceptors (Lipinski definition) is 3. The summed E-state index contributed by atoms with van der Waals surface area (Å²) in [4.78, 5) is 9.90. The van der Waals surface area contributed by atoms with Gasteiger partial charge in [-0.05, 0) is 34.0 Å². The average Bonchev–Trinajstić information content (AvgIpc) is 2.65. The highest BCUT2D eigenvalue weighted by Gasteiger charge is 2.33. The van der Waals surface area contributed by atoms with E-state index in [1.165, 1.54) is 11.4 Å². The van der Waals surface area contributed by atoms with E-state index in [0.717, 1.165) is 25.9 Å². The van der Waals surface area contributed by atoms with Crippen LogP contribution in [0.4, 0.5) is 0 Å². The van der Waals surface area contributed by atoms with Gasteiger partial charge in [-0.1, -0.05) is 0 Å². The lowest BCUT2D eigenvalue weighted by Crippen LogP contribution is -2.46. The van der Waals surface area contributed by atoms with Crippen molar-refractivity contribution in [3.8, 4) is 0 Å². The largest absolute Gasteiger partial charge is 0.348 e. The molecule has 84 valence electrons. The van der Waals surface area contributed by atoms with Gasteiger partial charge in [0.25, 0.3) is 0 Å². The van der Waals surface area contributed by atoms with Gasteiger partial charge in [0.1, 0.15) is 0 Å². The van der Waals surface area contributed by atoms with Crippen LogP contribution in [-0.2, 0) is 12.0 Å². The highest BCUT2D eigenvalue weighted by Crippen LogP contribution is 2.28. The van der Waals surface area contributed by atoms with Gasteiger partial charge in [0.2, 0.25) is 0 Å². The summed E-state index contributed by atoms with van der Waals surface area (Å²) in [6.07, 6.45) is 3.97. The number of hydrogen-bond donors (Lipinski definition) is 2. The molecule has 0 aliphatic carbocycles. The van der Waals surface area contributed by atoms with Crippen molar-refractivity contribution in [1.29, 1.82) is 0 Å². The Bertz CT molecular complexity index is 331. The molecule has 4 heteroatoms. The monoisotopic (exact) mass is 208 g/mol. The summed E-state index contributed by atoms with van der Waals surface area (Å²) >= 11 is 0. The van der Waals surface area contributed by atoms with Crippen LogP contribution in [0, 0.1) is 0 Å². The molecule has 1 unspecified atom stereocenters. The van der Waals surface area contributed by atoms with Gasteiger partial charge >= 0.3 is 0 Å². The minimum absolute atomic E-state index is 0.0395. The van der Waals surface area contributed by atoms with E-state index in [9.17, 15) is 0 Å². The number of fused-ring (bicyclic) bond motifs is 1. The van der Waals surface area contributed by atoms with Crippen LogP contribution in [0.2, 0.25) is 0 Å². The van der Waals surface area contributed by atoms with E-state index in [0.29, 0.717) is 0 Å². The van der Waals surface area contributed by atoms with Crippen LogP contribution in [0.1, 0.15) is 24.7 Å². The third kappa shape index (κ3) is 2.06. The molecule has 1 aromatic heterocycles. The molecule has 0 amide bonds. The predicted octanol–water partition coefficient (Wildman–Crippen LogP) is 0.722. The molecule has 0 fully saturated rings. The van der Waals surface area contributed by atoms with Crippen LogP contribution in [0.15, 0.2) is 6.33 Å². The average molecular weight is 208 g/mol. The van der Waals surface area contributed by atoms with Crippen molar-refractivity contribution in [2.45, 2.75) is 25.3 Å². The fraction of sp³-hybridized carbons (Fsp3) is 0.727. The summed E-state index contributed by atoms with van der Waals surface area (Å²) in [6, 6.07) is 0. The number of rotatable bonds is 3. The maximum absolute atomic E-state index is 4.45. The Morgan fingerprint density at radius 2 is 2.33 bits per heavy atom. The molecule has 0 aromatic carbocycles. The van der Waals surface area contributed by atoms with E-state index in [1.54, 1.807) is 0 Å². The summed E-state index contributed by atoms with van der Waals surface area (Å²) in [5, 5.41) is 3.58. The zero-order valence-electron chi connectivity index (χ0n) is 9.80. The maximum atomic E-state index is 4.45. The van der Waals surface area contributed by atoms with E-state index in [4.69, 9.17) is 0 Å². The summed E-state index contributed by atoms with van der Waals surface area (Å²) in [5.41, 5.74) is 2.54.